The van der Waals surface area contributed by atoms with Gasteiger partial charge in [-0.15, -0.1) is 0 Å². The molecule has 0 N–H and O–H groups in total. The summed E-state index contributed by atoms with van der Waals surface area (Å²) in [5.41, 5.74) is 2.88. The third kappa shape index (κ3) is 1.29. The van der Waals surface area contributed by atoms with Gasteiger partial charge in [-0.05, 0) is 6.07 Å². The zero-order valence-electron chi connectivity index (χ0n) is 9.84. The average molecular weight is 230 g/mol. The van der Waals surface area contributed by atoms with Crippen LogP contribution < -0.4 is 5.46 Å². The number of rotatable bonds is 0. The molecule has 1 nitrogen and oxygen atoms in total. The monoisotopic (exact) mass is 230 g/mol. The molecule has 0 spiro atoms. The van der Waals surface area contributed by atoms with Crippen molar-refractivity contribution in [2.75, 3.05) is 0 Å². The van der Waals surface area contributed by atoms with E-state index in [4.69, 9.17) is 12.3 Å². The minimum absolute atomic E-state index is 0.323. The summed E-state index contributed by atoms with van der Waals surface area (Å²) in [5.74, 6) is 1.80. The van der Waals surface area contributed by atoms with Crippen LogP contribution in [0, 0.1) is 5.92 Å². The second-order valence-electron chi connectivity index (χ2n) is 4.87. The van der Waals surface area contributed by atoms with Gasteiger partial charge >= 0.3 is 0 Å². The van der Waals surface area contributed by atoms with E-state index in [0.717, 1.165) is 22.2 Å². The molecular formula is C16H11BO. The Balaban J connectivity index is 2.00. The topological polar surface area (TPSA) is 13.1 Å². The van der Waals surface area contributed by atoms with Crippen molar-refractivity contribution in [2.45, 2.75) is 5.92 Å². The van der Waals surface area contributed by atoms with E-state index in [2.05, 4.69) is 36.5 Å². The quantitative estimate of drug-likeness (QED) is 0.634. The number of benzene rings is 1. The van der Waals surface area contributed by atoms with Crippen molar-refractivity contribution in [3.63, 3.8) is 0 Å². The highest BCUT2D eigenvalue weighted by molar-refractivity contribution is 6.33. The second kappa shape index (κ2) is 3.52. The molecule has 0 aliphatic heterocycles. The van der Waals surface area contributed by atoms with Gasteiger partial charge in [0.25, 0.3) is 0 Å². The Morgan fingerprint density at radius 1 is 1.06 bits per heavy atom. The second-order valence-corrected chi connectivity index (χ2v) is 4.87. The predicted molar refractivity (Wildman–Crippen MR) is 75.1 cm³/mol. The van der Waals surface area contributed by atoms with Gasteiger partial charge in [0.05, 0.1) is 0 Å². The van der Waals surface area contributed by atoms with Crippen LogP contribution in [0.15, 0.2) is 53.0 Å². The number of furan rings is 1. The van der Waals surface area contributed by atoms with Gasteiger partial charge in [-0.1, -0.05) is 54.1 Å². The predicted octanol–water partition coefficient (Wildman–Crippen LogP) is 3.08. The lowest BCUT2D eigenvalue weighted by molar-refractivity contribution is 0.492. The smallest absolute Gasteiger partial charge is 0.134 e. The van der Waals surface area contributed by atoms with Crippen molar-refractivity contribution in [3.8, 4) is 0 Å². The molecule has 18 heavy (non-hydrogen) atoms. The standard InChI is InChI=1S/C16H11BO/c17-11-6-8-15-14(9-11)13-7-5-10-3-1-2-4-12(10)16(13)18-15/h1-10,12H. The SMILES string of the molecule is [B]c1ccc2oc3c(c2c1)C=CC1C=CC=CC31. The van der Waals surface area contributed by atoms with Crippen LogP contribution in [-0.2, 0) is 0 Å². The van der Waals surface area contributed by atoms with Crippen LogP contribution in [-0.4, -0.2) is 7.85 Å². The Labute approximate surface area is 107 Å². The maximum absolute atomic E-state index is 6.02. The van der Waals surface area contributed by atoms with Crippen molar-refractivity contribution in [1.29, 1.82) is 0 Å². The molecule has 0 saturated carbocycles. The van der Waals surface area contributed by atoms with E-state index in [9.17, 15) is 0 Å². The van der Waals surface area contributed by atoms with Crippen molar-refractivity contribution >= 4 is 30.4 Å². The Morgan fingerprint density at radius 3 is 2.89 bits per heavy atom. The fourth-order valence-electron chi connectivity index (χ4n) is 2.85. The summed E-state index contributed by atoms with van der Waals surface area (Å²) < 4.78 is 6.02. The Hall–Kier alpha value is -1.96. The van der Waals surface area contributed by atoms with Gasteiger partial charge in [-0.25, -0.2) is 0 Å². The van der Waals surface area contributed by atoms with E-state index < -0.39 is 0 Å². The molecule has 4 rings (SSSR count). The molecule has 2 unspecified atom stereocenters. The zero-order valence-corrected chi connectivity index (χ0v) is 9.84. The van der Waals surface area contributed by atoms with Crippen molar-refractivity contribution in [1.82, 2.24) is 0 Å². The highest BCUT2D eigenvalue weighted by Crippen LogP contribution is 2.42. The van der Waals surface area contributed by atoms with Crippen molar-refractivity contribution in [2.24, 2.45) is 5.92 Å². The van der Waals surface area contributed by atoms with Crippen LogP contribution in [0.2, 0.25) is 0 Å². The summed E-state index contributed by atoms with van der Waals surface area (Å²) in [6.07, 6.45) is 13.0. The molecule has 2 aliphatic carbocycles. The maximum atomic E-state index is 6.02. The molecule has 2 heteroatoms. The number of fused-ring (bicyclic) bond motifs is 5. The van der Waals surface area contributed by atoms with Gasteiger partial charge < -0.3 is 4.42 Å². The van der Waals surface area contributed by atoms with E-state index in [1.54, 1.807) is 0 Å². The van der Waals surface area contributed by atoms with Crippen molar-refractivity contribution in [3.05, 3.63) is 59.9 Å². The summed E-state index contributed by atoms with van der Waals surface area (Å²) >= 11 is 0. The lowest BCUT2D eigenvalue weighted by atomic mass is 9.80. The molecule has 2 atom stereocenters. The van der Waals surface area contributed by atoms with Gasteiger partial charge in [-0.2, -0.15) is 0 Å². The molecule has 0 saturated heterocycles. The average Bonchev–Trinajstić information content (AvgIpc) is 2.77. The third-order valence-corrected chi connectivity index (χ3v) is 3.74. The van der Waals surface area contributed by atoms with Crippen LogP contribution in [0.1, 0.15) is 17.2 Å². The molecule has 1 heterocycles. The van der Waals surface area contributed by atoms with Crippen LogP contribution in [0.4, 0.5) is 0 Å². The molecule has 2 aliphatic rings. The van der Waals surface area contributed by atoms with Gasteiger partial charge in [0.1, 0.15) is 19.2 Å². The number of hydrogen-bond acceptors (Lipinski definition) is 1. The Kier molecular flexibility index (Phi) is 1.96. The molecule has 2 radical (unpaired) electrons. The van der Waals surface area contributed by atoms with E-state index in [1.165, 1.54) is 5.56 Å². The number of hydrogen-bond donors (Lipinski definition) is 0. The molecule has 2 aromatic rings. The molecule has 0 bridgehead atoms. The molecular weight excluding hydrogens is 219 g/mol. The third-order valence-electron chi connectivity index (χ3n) is 3.74. The van der Waals surface area contributed by atoms with Crippen LogP contribution in [0.3, 0.4) is 0 Å². The van der Waals surface area contributed by atoms with Gasteiger partial charge in [0, 0.05) is 22.8 Å². The summed E-state index contributed by atoms with van der Waals surface area (Å²) in [7, 11) is 5.86. The summed E-state index contributed by atoms with van der Waals surface area (Å²) in [5, 5.41) is 1.11. The van der Waals surface area contributed by atoms with Crippen molar-refractivity contribution < 1.29 is 4.42 Å². The molecule has 0 fully saturated rings. The molecule has 1 aromatic heterocycles. The van der Waals surface area contributed by atoms with Crippen LogP contribution >= 0.6 is 0 Å². The largest absolute Gasteiger partial charge is 0.460 e. The first kappa shape index (κ1) is 10.0. The van der Waals surface area contributed by atoms with E-state index >= 15 is 0 Å². The molecule has 1 aromatic carbocycles. The molecule has 84 valence electrons. The zero-order chi connectivity index (χ0) is 12.1. The lowest BCUT2D eigenvalue weighted by Gasteiger charge is -2.23. The first-order valence-electron chi connectivity index (χ1n) is 6.18. The first-order valence-corrected chi connectivity index (χ1v) is 6.18. The number of allylic oxidation sites excluding steroid dienone is 5. The Bertz CT molecular complexity index is 718. The highest BCUT2D eigenvalue weighted by atomic mass is 16.3. The maximum Gasteiger partial charge on any atom is 0.134 e. The molecule has 0 amide bonds. The normalized spacial score (nSPS) is 24.2. The summed E-state index contributed by atoms with van der Waals surface area (Å²) in [6.45, 7) is 0. The Morgan fingerprint density at radius 2 is 1.94 bits per heavy atom. The van der Waals surface area contributed by atoms with E-state index in [0.29, 0.717) is 11.8 Å². The van der Waals surface area contributed by atoms with E-state index in [1.807, 2.05) is 18.2 Å². The minimum Gasteiger partial charge on any atom is -0.460 e. The van der Waals surface area contributed by atoms with Crippen LogP contribution in [0.25, 0.3) is 17.0 Å². The summed E-state index contributed by atoms with van der Waals surface area (Å²) in [6, 6.07) is 5.83. The highest BCUT2D eigenvalue weighted by Gasteiger charge is 2.28. The lowest BCUT2D eigenvalue weighted by Crippen LogP contribution is -2.11. The fourth-order valence-corrected chi connectivity index (χ4v) is 2.85. The van der Waals surface area contributed by atoms with Gasteiger partial charge in [0.2, 0.25) is 0 Å². The first-order chi connectivity index (χ1) is 8.83. The summed E-state index contributed by atoms with van der Waals surface area (Å²) in [4.78, 5) is 0. The van der Waals surface area contributed by atoms with Crippen LogP contribution in [0.5, 0.6) is 0 Å². The van der Waals surface area contributed by atoms with Gasteiger partial charge in [-0.3, -0.25) is 0 Å². The van der Waals surface area contributed by atoms with E-state index in [-0.39, 0.29) is 0 Å². The van der Waals surface area contributed by atoms with Gasteiger partial charge in [0.15, 0.2) is 0 Å². The fraction of sp³-hybridized carbons (Fsp3) is 0.125. The minimum atomic E-state index is 0.323.